The van der Waals surface area contributed by atoms with Crippen LogP contribution in [0.25, 0.3) is 0 Å². The number of aliphatic hydroxyl groups is 2. The van der Waals surface area contributed by atoms with Crippen molar-refractivity contribution in [2.75, 3.05) is 13.1 Å². The van der Waals surface area contributed by atoms with Gasteiger partial charge < -0.3 is 15.5 Å². The second-order valence-corrected chi connectivity index (χ2v) is 6.38. The van der Waals surface area contributed by atoms with E-state index in [0.717, 1.165) is 31.2 Å². The molecular weight excluding hydrogens is 250 g/mol. The summed E-state index contributed by atoms with van der Waals surface area (Å²) in [7, 11) is 0. The lowest BCUT2D eigenvalue weighted by molar-refractivity contribution is 0.0112. The van der Waals surface area contributed by atoms with Crippen LogP contribution in [0.1, 0.15) is 51.0 Å². The van der Waals surface area contributed by atoms with E-state index in [-0.39, 0.29) is 0 Å². The number of hydrogen-bond donors (Lipinski definition) is 3. The number of benzene rings is 1. The summed E-state index contributed by atoms with van der Waals surface area (Å²) in [5.41, 5.74) is -0.591. The van der Waals surface area contributed by atoms with Gasteiger partial charge in [0.25, 0.3) is 0 Å². The molecule has 0 aliphatic heterocycles. The van der Waals surface area contributed by atoms with Crippen molar-refractivity contribution < 1.29 is 10.2 Å². The van der Waals surface area contributed by atoms with Crippen LogP contribution in [0.5, 0.6) is 0 Å². The average Bonchev–Trinajstić information content (AvgIpc) is 2.65. The Bertz CT molecular complexity index is 395. The van der Waals surface area contributed by atoms with Crippen LogP contribution >= 0.6 is 0 Å². The van der Waals surface area contributed by atoms with E-state index in [0.29, 0.717) is 13.1 Å². The zero-order valence-electron chi connectivity index (χ0n) is 12.4. The van der Waals surface area contributed by atoms with Gasteiger partial charge in [-0.05, 0) is 25.3 Å². The SMILES string of the molecule is CC(O)(CNCC1(O)CCCCCC1)c1ccccc1. The topological polar surface area (TPSA) is 52.5 Å². The average molecular weight is 277 g/mol. The smallest absolute Gasteiger partial charge is 0.0992 e. The van der Waals surface area contributed by atoms with E-state index in [2.05, 4.69) is 5.32 Å². The van der Waals surface area contributed by atoms with Gasteiger partial charge in [-0.2, -0.15) is 0 Å². The van der Waals surface area contributed by atoms with E-state index < -0.39 is 11.2 Å². The Kier molecular flexibility index (Phi) is 5.19. The molecule has 1 aromatic carbocycles. The molecule has 1 saturated carbocycles. The van der Waals surface area contributed by atoms with Crippen molar-refractivity contribution in [2.24, 2.45) is 0 Å². The summed E-state index contributed by atoms with van der Waals surface area (Å²) in [6, 6.07) is 9.68. The zero-order chi connectivity index (χ0) is 14.5. The van der Waals surface area contributed by atoms with Gasteiger partial charge in [-0.3, -0.25) is 0 Å². The minimum Gasteiger partial charge on any atom is -0.389 e. The first-order valence-electron chi connectivity index (χ1n) is 7.73. The molecule has 0 spiro atoms. The lowest BCUT2D eigenvalue weighted by Gasteiger charge is -2.30. The van der Waals surface area contributed by atoms with Gasteiger partial charge in [0, 0.05) is 13.1 Å². The number of nitrogens with one attached hydrogen (secondary N) is 1. The molecule has 1 aliphatic rings. The predicted octanol–water partition coefficient (Wildman–Crippen LogP) is 2.57. The first-order chi connectivity index (χ1) is 9.52. The Morgan fingerprint density at radius 1 is 1.10 bits per heavy atom. The summed E-state index contributed by atoms with van der Waals surface area (Å²) in [6.07, 6.45) is 6.40. The number of hydrogen-bond acceptors (Lipinski definition) is 3. The van der Waals surface area contributed by atoms with Gasteiger partial charge in [0.2, 0.25) is 0 Å². The van der Waals surface area contributed by atoms with Crippen molar-refractivity contribution in [3.63, 3.8) is 0 Å². The van der Waals surface area contributed by atoms with Gasteiger partial charge in [0.1, 0.15) is 0 Å². The van der Waals surface area contributed by atoms with Gasteiger partial charge in [0.15, 0.2) is 0 Å². The fourth-order valence-electron chi connectivity index (χ4n) is 3.00. The molecule has 1 unspecified atom stereocenters. The molecule has 0 radical (unpaired) electrons. The zero-order valence-corrected chi connectivity index (χ0v) is 12.4. The van der Waals surface area contributed by atoms with Gasteiger partial charge in [-0.1, -0.05) is 56.0 Å². The fourth-order valence-corrected chi connectivity index (χ4v) is 3.00. The minimum atomic E-state index is -0.900. The summed E-state index contributed by atoms with van der Waals surface area (Å²) >= 11 is 0. The van der Waals surface area contributed by atoms with Crippen molar-refractivity contribution >= 4 is 0 Å². The highest BCUT2D eigenvalue weighted by atomic mass is 16.3. The lowest BCUT2D eigenvalue weighted by atomic mass is 9.93. The largest absolute Gasteiger partial charge is 0.389 e. The summed E-state index contributed by atoms with van der Waals surface area (Å²) in [6.45, 7) is 2.84. The first kappa shape index (κ1) is 15.5. The molecule has 112 valence electrons. The van der Waals surface area contributed by atoms with Crippen molar-refractivity contribution in [3.05, 3.63) is 35.9 Å². The molecule has 0 heterocycles. The second-order valence-electron chi connectivity index (χ2n) is 6.38. The molecule has 0 bridgehead atoms. The lowest BCUT2D eigenvalue weighted by Crippen LogP contribution is -2.45. The maximum Gasteiger partial charge on any atom is 0.0992 e. The third kappa shape index (κ3) is 4.30. The molecule has 3 heteroatoms. The molecule has 1 fully saturated rings. The molecule has 0 aromatic heterocycles. The summed E-state index contributed by atoms with van der Waals surface area (Å²) in [4.78, 5) is 0. The minimum absolute atomic E-state index is 0.458. The maximum atomic E-state index is 10.6. The molecule has 20 heavy (non-hydrogen) atoms. The summed E-state index contributed by atoms with van der Waals surface area (Å²) < 4.78 is 0. The van der Waals surface area contributed by atoms with Crippen molar-refractivity contribution in [2.45, 2.75) is 56.7 Å². The molecule has 1 aliphatic carbocycles. The third-order valence-electron chi connectivity index (χ3n) is 4.35. The first-order valence-corrected chi connectivity index (χ1v) is 7.73. The Morgan fingerprint density at radius 3 is 2.30 bits per heavy atom. The van der Waals surface area contributed by atoms with Gasteiger partial charge in [-0.15, -0.1) is 0 Å². The van der Waals surface area contributed by atoms with E-state index in [9.17, 15) is 10.2 Å². The molecular formula is C17H27NO2. The fraction of sp³-hybridized carbons (Fsp3) is 0.647. The number of rotatable bonds is 5. The highest BCUT2D eigenvalue weighted by Gasteiger charge is 2.29. The summed E-state index contributed by atoms with van der Waals surface area (Å²) in [5.74, 6) is 0. The van der Waals surface area contributed by atoms with Crippen molar-refractivity contribution in [1.29, 1.82) is 0 Å². The molecule has 0 amide bonds. The van der Waals surface area contributed by atoms with Crippen LogP contribution in [0.4, 0.5) is 0 Å². The van der Waals surface area contributed by atoms with E-state index in [1.807, 2.05) is 37.3 Å². The van der Waals surface area contributed by atoms with Crippen LogP contribution in [0.15, 0.2) is 30.3 Å². The molecule has 1 aromatic rings. The quantitative estimate of drug-likeness (QED) is 0.725. The van der Waals surface area contributed by atoms with E-state index in [1.165, 1.54) is 12.8 Å². The van der Waals surface area contributed by atoms with E-state index in [1.54, 1.807) is 0 Å². The summed E-state index contributed by atoms with van der Waals surface area (Å²) in [5, 5.41) is 24.3. The Labute approximate surface area is 122 Å². The normalized spacial score (nSPS) is 21.9. The van der Waals surface area contributed by atoms with Crippen LogP contribution in [0, 0.1) is 0 Å². The Balaban J connectivity index is 1.85. The molecule has 3 N–H and O–H groups in total. The Hall–Kier alpha value is -0.900. The third-order valence-corrected chi connectivity index (χ3v) is 4.35. The Morgan fingerprint density at radius 2 is 1.70 bits per heavy atom. The van der Waals surface area contributed by atoms with Crippen LogP contribution in [0.2, 0.25) is 0 Å². The van der Waals surface area contributed by atoms with Crippen LogP contribution in [-0.2, 0) is 5.60 Å². The molecule has 0 saturated heterocycles. The second kappa shape index (κ2) is 6.70. The van der Waals surface area contributed by atoms with Gasteiger partial charge in [0.05, 0.1) is 11.2 Å². The van der Waals surface area contributed by atoms with Crippen molar-refractivity contribution in [1.82, 2.24) is 5.32 Å². The highest BCUT2D eigenvalue weighted by molar-refractivity contribution is 5.21. The maximum absolute atomic E-state index is 10.6. The van der Waals surface area contributed by atoms with Gasteiger partial charge >= 0.3 is 0 Å². The predicted molar refractivity (Wildman–Crippen MR) is 81.5 cm³/mol. The standard InChI is InChI=1S/C17H27NO2/c1-16(19,15-9-5-4-6-10-15)13-18-14-17(20)11-7-2-3-8-12-17/h4-6,9-10,18-20H,2-3,7-8,11-14H2,1H3. The van der Waals surface area contributed by atoms with E-state index >= 15 is 0 Å². The monoisotopic (exact) mass is 277 g/mol. The van der Waals surface area contributed by atoms with Crippen LogP contribution in [-0.4, -0.2) is 28.9 Å². The van der Waals surface area contributed by atoms with Crippen LogP contribution in [0.3, 0.4) is 0 Å². The van der Waals surface area contributed by atoms with Crippen molar-refractivity contribution in [3.8, 4) is 0 Å². The highest BCUT2D eigenvalue weighted by Crippen LogP contribution is 2.27. The molecule has 2 rings (SSSR count). The van der Waals surface area contributed by atoms with Crippen LogP contribution < -0.4 is 5.32 Å². The van der Waals surface area contributed by atoms with Gasteiger partial charge in [-0.25, -0.2) is 0 Å². The molecule has 3 nitrogen and oxygen atoms in total. The van der Waals surface area contributed by atoms with E-state index in [4.69, 9.17) is 0 Å². The molecule has 1 atom stereocenters.